The number of aromatic nitrogens is 2. The molecule has 2 rings (SSSR count). The fraction of sp³-hybridized carbons (Fsp3) is 0.818. The Morgan fingerprint density at radius 2 is 2.25 bits per heavy atom. The van der Waals surface area contributed by atoms with E-state index in [0.717, 1.165) is 18.8 Å². The van der Waals surface area contributed by atoms with Crippen molar-refractivity contribution >= 4 is 0 Å². The monoisotopic (exact) mass is 225 g/mol. The summed E-state index contributed by atoms with van der Waals surface area (Å²) in [4.78, 5) is 6.50. The van der Waals surface area contributed by atoms with E-state index in [9.17, 15) is 0 Å². The summed E-state index contributed by atoms with van der Waals surface area (Å²) < 4.78 is 5.20. The molecule has 0 radical (unpaired) electrons. The van der Waals surface area contributed by atoms with Gasteiger partial charge in [0.25, 0.3) is 0 Å². The van der Waals surface area contributed by atoms with Crippen LogP contribution in [0.5, 0.6) is 0 Å². The largest absolute Gasteiger partial charge is 0.395 e. The Morgan fingerprint density at radius 3 is 2.88 bits per heavy atom. The first-order valence-electron chi connectivity index (χ1n) is 5.99. The second-order valence-electron chi connectivity index (χ2n) is 4.32. The topological polar surface area (TPSA) is 62.4 Å². The summed E-state index contributed by atoms with van der Waals surface area (Å²) in [5.74, 6) is 2.06. The molecular formula is C11H19N3O2. The van der Waals surface area contributed by atoms with Crippen molar-refractivity contribution in [2.45, 2.75) is 38.6 Å². The SMILES string of the molecule is CCCN(CCO)Cc1nc(C2CC2)no1. The van der Waals surface area contributed by atoms with Crippen LogP contribution in [-0.4, -0.2) is 39.8 Å². The smallest absolute Gasteiger partial charge is 0.240 e. The molecule has 90 valence electrons. The zero-order valence-electron chi connectivity index (χ0n) is 9.72. The molecule has 0 unspecified atom stereocenters. The minimum absolute atomic E-state index is 0.170. The first-order valence-corrected chi connectivity index (χ1v) is 5.99. The summed E-state index contributed by atoms with van der Waals surface area (Å²) in [5, 5.41) is 12.9. The summed E-state index contributed by atoms with van der Waals surface area (Å²) in [7, 11) is 0. The van der Waals surface area contributed by atoms with Crippen LogP contribution in [0, 0.1) is 0 Å². The molecule has 0 amide bonds. The van der Waals surface area contributed by atoms with E-state index in [1.807, 2.05) is 0 Å². The Labute approximate surface area is 95.4 Å². The van der Waals surface area contributed by atoms with Crippen LogP contribution in [0.4, 0.5) is 0 Å². The molecule has 0 aliphatic heterocycles. The highest BCUT2D eigenvalue weighted by Gasteiger charge is 2.28. The van der Waals surface area contributed by atoms with Crippen LogP contribution in [-0.2, 0) is 6.54 Å². The Balaban J connectivity index is 1.89. The molecule has 1 aromatic rings. The molecule has 1 aromatic heterocycles. The van der Waals surface area contributed by atoms with E-state index in [4.69, 9.17) is 9.63 Å². The van der Waals surface area contributed by atoms with Crippen LogP contribution in [0.1, 0.15) is 43.8 Å². The van der Waals surface area contributed by atoms with E-state index in [0.29, 0.717) is 24.9 Å². The van der Waals surface area contributed by atoms with E-state index in [-0.39, 0.29) is 6.61 Å². The van der Waals surface area contributed by atoms with Gasteiger partial charge in [0.15, 0.2) is 5.82 Å². The van der Waals surface area contributed by atoms with E-state index in [1.54, 1.807) is 0 Å². The Hall–Kier alpha value is -0.940. The highest BCUT2D eigenvalue weighted by Crippen LogP contribution is 2.38. The zero-order chi connectivity index (χ0) is 11.4. The third-order valence-electron chi connectivity index (χ3n) is 2.74. The third-order valence-corrected chi connectivity index (χ3v) is 2.74. The van der Waals surface area contributed by atoms with Crippen molar-refractivity contribution in [3.63, 3.8) is 0 Å². The van der Waals surface area contributed by atoms with Crippen LogP contribution in [0.25, 0.3) is 0 Å². The van der Waals surface area contributed by atoms with Gasteiger partial charge >= 0.3 is 0 Å². The van der Waals surface area contributed by atoms with Crippen LogP contribution < -0.4 is 0 Å². The number of rotatable bonds is 7. The van der Waals surface area contributed by atoms with Gasteiger partial charge in [-0.1, -0.05) is 12.1 Å². The van der Waals surface area contributed by atoms with Gasteiger partial charge in [0.05, 0.1) is 13.2 Å². The molecular weight excluding hydrogens is 206 g/mol. The maximum absolute atomic E-state index is 8.94. The third kappa shape index (κ3) is 3.02. The molecule has 0 saturated heterocycles. The van der Waals surface area contributed by atoms with Crippen molar-refractivity contribution < 1.29 is 9.63 Å². The maximum Gasteiger partial charge on any atom is 0.240 e. The Bertz CT molecular complexity index is 317. The van der Waals surface area contributed by atoms with E-state index in [2.05, 4.69) is 22.0 Å². The van der Waals surface area contributed by atoms with Gasteiger partial charge in [-0.05, 0) is 25.8 Å². The standard InChI is InChI=1S/C11H19N3O2/c1-2-5-14(6-7-15)8-10-12-11(13-16-10)9-3-4-9/h9,15H,2-8H2,1H3. The van der Waals surface area contributed by atoms with Gasteiger partial charge < -0.3 is 9.63 Å². The molecule has 1 fully saturated rings. The number of hydrogen-bond donors (Lipinski definition) is 1. The lowest BCUT2D eigenvalue weighted by Gasteiger charge is -2.17. The number of aliphatic hydroxyl groups excluding tert-OH is 1. The summed E-state index contributed by atoms with van der Waals surface area (Å²) >= 11 is 0. The summed E-state index contributed by atoms with van der Waals surface area (Å²) in [6.07, 6.45) is 3.44. The quantitative estimate of drug-likeness (QED) is 0.754. The second kappa shape index (κ2) is 5.41. The minimum atomic E-state index is 0.170. The van der Waals surface area contributed by atoms with Gasteiger partial charge in [0.2, 0.25) is 5.89 Å². The van der Waals surface area contributed by atoms with Gasteiger partial charge in [-0.3, -0.25) is 4.90 Å². The maximum atomic E-state index is 8.94. The number of hydrogen-bond acceptors (Lipinski definition) is 5. The van der Waals surface area contributed by atoms with Gasteiger partial charge in [-0.15, -0.1) is 0 Å². The zero-order valence-corrected chi connectivity index (χ0v) is 9.72. The molecule has 0 bridgehead atoms. The summed E-state index contributed by atoms with van der Waals surface area (Å²) in [6.45, 7) is 4.54. The Morgan fingerprint density at radius 1 is 1.44 bits per heavy atom. The molecule has 1 saturated carbocycles. The van der Waals surface area contributed by atoms with Crippen molar-refractivity contribution in [2.75, 3.05) is 19.7 Å². The Kier molecular flexibility index (Phi) is 3.90. The highest BCUT2D eigenvalue weighted by molar-refractivity contribution is 5.03. The lowest BCUT2D eigenvalue weighted by Crippen LogP contribution is -2.27. The van der Waals surface area contributed by atoms with Gasteiger partial charge in [-0.25, -0.2) is 0 Å². The highest BCUT2D eigenvalue weighted by atomic mass is 16.5. The van der Waals surface area contributed by atoms with Gasteiger partial charge in [0, 0.05) is 12.5 Å². The van der Waals surface area contributed by atoms with Crippen molar-refractivity contribution in [3.8, 4) is 0 Å². The second-order valence-corrected chi connectivity index (χ2v) is 4.32. The lowest BCUT2D eigenvalue weighted by molar-refractivity contribution is 0.174. The predicted molar refractivity (Wildman–Crippen MR) is 58.9 cm³/mol. The van der Waals surface area contributed by atoms with E-state index in [1.165, 1.54) is 12.8 Å². The van der Waals surface area contributed by atoms with Crippen LogP contribution in [0.15, 0.2) is 4.52 Å². The summed E-state index contributed by atoms with van der Waals surface area (Å²) in [6, 6.07) is 0. The van der Waals surface area contributed by atoms with Crippen LogP contribution >= 0.6 is 0 Å². The lowest BCUT2D eigenvalue weighted by atomic mass is 10.4. The minimum Gasteiger partial charge on any atom is -0.395 e. The first-order chi connectivity index (χ1) is 7.83. The molecule has 1 aliphatic rings. The number of nitrogens with zero attached hydrogens (tertiary/aromatic N) is 3. The normalized spacial score (nSPS) is 15.9. The van der Waals surface area contributed by atoms with E-state index >= 15 is 0 Å². The molecule has 1 heterocycles. The molecule has 5 heteroatoms. The molecule has 0 aromatic carbocycles. The fourth-order valence-corrected chi connectivity index (χ4v) is 1.76. The number of aliphatic hydroxyl groups is 1. The molecule has 1 aliphatic carbocycles. The molecule has 0 spiro atoms. The molecule has 5 nitrogen and oxygen atoms in total. The molecule has 1 N–H and O–H groups in total. The fourth-order valence-electron chi connectivity index (χ4n) is 1.76. The first kappa shape index (κ1) is 11.5. The van der Waals surface area contributed by atoms with E-state index < -0.39 is 0 Å². The van der Waals surface area contributed by atoms with Gasteiger partial charge in [-0.2, -0.15) is 4.98 Å². The van der Waals surface area contributed by atoms with Crippen LogP contribution in [0.3, 0.4) is 0 Å². The van der Waals surface area contributed by atoms with Crippen LogP contribution in [0.2, 0.25) is 0 Å². The van der Waals surface area contributed by atoms with Crippen molar-refractivity contribution in [1.82, 2.24) is 15.0 Å². The van der Waals surface area contributed by atoms with Crippen molar-refractivity contribution in [3.05, 3.63) is 11.7 Å². The van der Waals surface area contributed by atoms with Crippen molar-refractivity contribution in [2.24, 2.45) is 0 Å². The summed E-state index contributed by atoms with van der Waals surface area (Å²) in [5.41, 5.74) is 0. The molecule has 0 atom stereocenters. The van der Waals surface area contributed by atoms with Crippen molar-refractivity contribution in [1.29, 1.82) is 0 Å². The average Bonchev–Trinajstić information content (AvgIpc) is 3.01. The predicted octanol–water partition coefficient (Wildman–Crippen LogP) is 1.15. The average molecular weight is 225 g/mol. The molecule has 16 heavy (non-hydrogen) atoms. The van der Waals surface area contributed by atoms with Gasteiger partial charge in [0.1, 0.15) is 0 Å².